The van der Waals surface area contributed by atoms with Gasteiger partial charge in [-0.15, -0.1) is 0 Å². The Kier molecular flexibility index (Phi) is 5.51. The van der Waals surface area contributed by atoms with Gasteiger partial charge in [0.1, 0.15) is 5.56 Å². The molecule has 10 heteroatoms. The van der Waals surface area contributed by atoms with E-state index in [2.05, 4.69) is 15.0 Å². The van der Waals surface area contributed by atoms with Gasteiger partial charge in [-0.3, -0.25) is 9.67 Å². The largest absolute Gasteiger partial charge is 0.478 e. The smallest absolute Gasteiger partial charge is 0.340 e. The highest BCUT2D eigenvalue weighted by atomic mass is 32.2. The van der Waals surface area contributed by atoms with Crippen LogP contribution < -0.4 is 4.90 Å². The molecule has 1 aliphatic rings. The molecule has 0 bridgehead atoms. The molecule has 3 heterocycles. The quantitative estimate of drug-likeness (QED) is 0.635. The summed E-state index contributed by atoms with van der Waals surface area (Å²) in [6.45, 7) is 1.71. The maximum atomic E-state index is 13.2. The van der Waals surface area contributed by atoms with Gasteiger partial charge in [-0.25, -0.2) is 13.2 Å². The molecule has 0 radical (unpaired) electrons. The molecule has 1 aliphatic heterocycles. The van der Waals surface area contributed by atoms with E-state index in [0.29, 0.717) is 18.8 Å². The van der Waals surface area contributed by atoms with Gasteiger partial charge < -0.3 is 10.0 Å². The minimum absolute atomic E-state index is 0.179. The summed E-state index contributed by atoms with van der Waals surface area (Å²) in [6, 6.07) is 15.1. The van der Waals surface area contributed by atoms with Gasteiger partial charge in [0.15, 0.2) is 0 Å². The molecule has 1 fully saturated rings. The van der Waals surface area contributed by atoms with Crippen molar-refractivity contribution in [3.05, 3.63) is 72.2 Å². The molecule has 1 aromatic carbocycles. The van der Waals surface area contributed by atoms with Crippen LogP contribution in [0.15, 0.2) is 66.0 Å². The van der Waals surface area contributed by atoms with Crippen LogP contribution in [0.5, 0.6) is 0 Å². The van der Waals surface area contributed by atoms with Crippen LogP contribution in [-0.2, 0) is 16.6 Å². The van der Waals surface area contributed by atoms with Crippen LogP contribution in [0, 0.1) is 0 Å². The van der Waals surface area contributed by atoms with E-state index < -0.39 is 21.0 Å². The molecule has 0 unspecified atom stereocenters. The number of anilines is 1. The summed E-state index contributed by atoms with van der Waals surface area (Å²) in [5, 5.41) is 13.2. The Morgan fingerprint density at radius 3 is 2.33 bits per heavy atom. The van der Waals surface area contributed by atoms with Gasteiger partial charge in [0.05, 0.1) is 12.2 Å². The lowest BCUT2D eigenvalue weighted by Gasteiger charge is -2.35. The van der Waals surface area contributed by atoms with Crippen LogP contribution in [0.25, 0.3) is 0 Å². The number of para-hydroxylation sites is 1. The predicted molar refractivity (Wildman–Crippen MR) is 110 cm³/mol. The van der Waals surface area contributed by atoms with Crippen LogP contribution >= 0.6 is 0 Å². The average Bonchev–Trinajstić information content (AvgIpc) is 3.20. The Morgan fingerprint density at radius 1 is 1.00 bits per heavy atom. The Hall–Kier alpha value is -3.24. The van der Waals surface area contributed by atoms with Crippen molar-refractivity contribution in [1.29, 1.82) is 0 Å². The number of nitrogens with zero attached hydrogens (tertiary/aromatic N) is 5. The van der Waals surface area contributed by atoms with E-state index >= 15 is 0 Å². The molecular formula is C20H21N5O4S. The fourth-order valence-electron chi connectivity index (χ4n) is 3.43. The number of aromatic nitrogens is 3. The first kappa shape index (κ1) is 20.0. The lowest BCUT2D eigenvalue weighted by Crippen LogP contribution is -2.49. The van der Waals surface area contributed by atoms with Crippen molar-refractivity contribution in [2.24, 2.45) is 0 Å². The fraction of sp³-hybridized carbons (Fsp3) is 0.250. The third-order valence-electron chi connectivity index (χ3n) is 4.95. The molecule has 0 saturated carbocycles. The zero-order valence-corrected chi connectivity index (χ0v) is 16.9. The SMILES string of the molecule is O=C(O)c1cn(Cc2ccccn2)nc1S(=O)(=O)N1CCN(c2ccccc2)CC1. The van der Waals surface area contributed by atoms with Crippen molar-refractivity contribution in [1.82, 2.24) is 19.1 Å². The van der Waals surface area contributed by atoms with E-state index in [9.17, 15) is 18.3 Å². The number of benzene rings is 1. The highest BCUT2D eigenvalue weighted by molar-refractivity contribution is 7.89. The summed E-state index contributed by atoms with van der Waals surface area (Å²) in [5.41, 5.74) is 1.34. The topological polar surface area (TPSA) is 109 Å². The molecule has 0 aliphatic carbocycles. The number of sulfonamides is 1. The van der Waals surface area contributed by atoms with Crippen molar-refractivity contribution in [3.8, 4) is 0 Å². The first-order chi connectivity index (χ1) is 14.4. The molecule has 0 spiro atoms. The van der Waals surface area contributed by atoms with Crippen molar-refractivity contribution >= 4 is 21.7 Å². The third-order valence-corrected chi connectivity index (χ3v) is 6.79. The standard InChI is InChI=1S/C20H21N5O4S/c26-20(27)18-15-24(14-16-6-4-5-9-21-16)22-19(18)30(28,29)25-12-10-23(11-13-25)17-7-2-1-3-8-17/h1-9,15H,10-14H2,(H,26,27). The zero-order valence-electron chi connectivity index (χ0n) is 16.1. The summed E-state index contributed by atoms with van der Waals surface area (Å²) in [7, 11) is -4.04. The fourth-order valence-corrected chi connectivity index (χ4v) is 4.94. The molecule has 156 valence electrons. The first-order valence-electron chi connectivity index (χ1n) is 9.46. The Balaban J connectivity index is 1.55. The maximum Gasteiger partial charge on any atom is 0.340 e. The lowest BCUT2D eigenvalue weighted by molar-refractivity contribution is 0.0692. The van der Waals surface area contributed by atoms with E-state index in [1.165, 1.54) is 15.2 Å². The number of hydrogen-bond acceptors (Lipinski definition) is 6. The number of carbonyl (C=O) groups is 1. The third kappa shape index (κ3) is 4.05. The minimum Gasteiger partial charge on any atom is -0.478 e. The van der Waals surface area contributed by atoms with Gasteiger partial charge in [0.2, 0.25) is 5.03 Å². The van der Waals surface area contributed by atoms with Crippen LogP contribution in [0.2, 0.25) is 0 Å². The van der Waals surface area contributed by atoms with Gasteiger partial charge in [0, 0.05) is 44.3 Å². The maximum absolute atomic E-state index is 13.2. The van der Waals surface area contributed by atoms with E-state index in [0.717, 1.165) is 5.69 Å². The normalized spacial score (nSPS) is 15.3. The van der Waals surface area contributed by atoms with Crippen molar-refractivity contribution in [3.63, 3.8) is 0 Å². The highest BCUT2D eigenvalue weighted by Crippen LogP contribution is 2.23. The molecule has 2 aromatic heterocycles. The number of pyridine rings is 1. The molecule has 4 rings (SSSR count). The number of aromatic carboxylic acids is 1. The Labute approximate surface area is 174 Å². The van der Waals surface area contributed by atoms with Crippen molar-refractivity contribution in [2.75, 3.05) is 31.1 Å². The number of carboxylic acids is 1. The van der Waals surface area contributed by atoms with Crippen LogP contribution in [0.1, 0.15) is 16.1 Å². The van der Waals surface area contributed by atoms with Gasteiger partial charge >= 0.3 is 5.97 Å². The summed E-state index contributed by atoms with van der Waals surface area (Å²) in [4.78, 5) is 18.0. The number of piperazine rings is 1. The monoisotopic (exact) mass is 427 g/mol. The van der Waals surface area contributed by atoms with Crippen molar-refractivity contribution < 1.29 is 18.3 Å². The minimum atomic E-state index is -4.04. The number of rotatable bonds is 6. The lowest BCUT2D eigenvalue weighted by atomic mass is 10.2. The second-order valence-electron chi connectivity index (χ2n) is 6.90. The Bertz CT molecular complexity index is 1120. The first-order valence-corrected chi connectivity index (χ1v) is 10.9. The molecule has 1 N–H and O–H groups in total. The summed E-state index contributed by atoms with van der Waals surface area (Å²) >= 11 is 0. The van der Waals surface area contributed by atoms with Crippen LogP contribution in [0.3, 0.4) is 0 Å². The van der Waals surface area contributed by atoms with E-state index in [-0.39, 0.29) is 25.2 Å². The summed E-state index contributed by atoms with van der Waals surface area (Å²) in [6.07, 6.45) is 2.85. The molecule has 9 nitrogen and oxygen atoms in total. The van der Waals surface area contributed by atoms with E-state index in [1.54, 1.807) is 24.4 Å². The summed E-state index contributed by atoms with van der Waals surface area (Å²) in [5.74, 6) is -1.33. The molecular weight excluding hydrogens is 406 g/mol. The van der Waals surface area contributed by atoms with Crippen molar-refractivity contribution in [2.45, 2.75) is 11.6 Å². The number of carboxylic acid groups (broad SMARTS) is 1. The molecule has 0 atom stereocenters. The van der Waals surface area contributed by atoms with Gasteiger partial charge in [-0.2, -0.15) is 9.40 Å². The molecule has 0 amide bonds. The Morgan fingerprint density at radius 2 is 1.70 bits per heavy atom. The van der Waals surface area contributed by atoms with Crippen LogP contribution in [-0.4, -0.2) is 64.7 Å². The number of hydrogen-bond donors (Lipinski definition) is 1. The molecule has 3 aromatic rings. The summed E-state index contributed by atoms with van der Waals surface area (Å²) < 4.78 is 29.0. The predicted octanol–water partition coefficient (Wildman–Crippen LogP) is 1.54. The average molecular weight is 427 g/mol. The van der Waals surface area contributed by atoms with Gasteiger partial charge in [0.25, 0.3) is 10.0 Å². The van der Waals surface area contributed by atoms with Crippen LogP contribution in [0.4, 0.5) is 5.69 Å². The second kappa shape index (κ2) is 8.25. The zero-order chi connectivity index (χ0) is 21.1. The van der Waals surface area contributed by atoms with E-state index in [1.807, 2.05) is 30.3 Å². The molecule has 30 heavy (non-hydrogen) atoms. The molecule has 1 saturated heterocycles. The van der Waals surface area contributed by atoms with Gasteiger partial charge in [-0.05, 0) is 24.3 Å². The van der Waals surface area contributed by atoms with Gasteiger partial charge in [-0.1, -0.05) is 24.3 Å². The highest BCUT2D eigenvalue weighted by Gasteiger charge is 2.34. The van der Waals surface area contributed by atoms with E-state index in [4.69, 9.17) is 0 Å². The second-order valence-corrected chi connectivity index (χ2v) is 8.75.